The highest BCUT2D eigenvalue weighted by Gasteiger charge is 2.24. The van der Waals surface area contributed by atoms with Crippen LogP contribution in [0.25, 0.3) is 6.08 Å². The summed E-state index contributed by atoms with van der Waals surface area (Å²) in [5, 5.41) is 23.2. The normalized spacial score (nSPS) is 16.4. The third kappa shape index (κ3) is 2.73. The molecule has 7 nitrogen and oxygen atoms in total. The molecule has 9 heteroatoms. The minimum Gasteiger partial charge on any atom is -0.504 e. The molecule has 0 unspecified atom stereocenters. The first kappa shape index (κ1) is 14.3. The van der Waals surface area contributed by atoms with Crippen LogP contribution in [-0.2, 0) is 4.79 Å². The molecule has 2 N–H and O–H groups in total. The van der Waals surface area contributed by atoms with Crippen molar-refractivity contribution in [3.8, 4) is 11.5 Å². The van der Waals surface area contributed by atoms with Crippen molar-refractivity contribution in [3.05, 3.63) is 32.7 Å². The molecular weight excluding hydrogens is 304 g/mol. The number of nitro groups is 1. The summed E-state index contributed by atoms with van der Waals surface area (Å²) >= 11 is 5.85. The number of nitro benzene ring substituents is 1. The lowest BCUT2D eigenvalue weighted by Gasteiger charge is -2.06. The minimum absolute atomic E-state index is 0.0444. The molecule has 0 bridgehead atoms. The van der Waals surface area contributed by atoms with Gasteiger partial charge in [-0.2, -0.15) is 0 Å². The Bertz CT molecular complexity index is 656. The topological polar surface area (TPSA) is 102 Å². The van der Waals surface area contributed by atoms with E-state index in [1.165, 1.54) is 13.2 Å². The monoisotopic (exact) mass is 312 g/mol. The van der Waals surface area contributed by atoms with Gasteiger partial charge in [0.1, 0.15) is 4.32 Å². The quantitative estimate of drug-likeness (QED) is 0.380. The second-order valence-corrected chi connectivity index (χ2v) is 5.41. The van der Waals surface area contributed by atoms with Gasteiger partial charge in [0.2, 0.25) is 0 Å². The summed E-state index contributed by atoms with van der Waals surface area (Å²) in [5.41, 5.74) is -0.143. The maximum Gasteiger partial charge on any atom is 0.274 e. The van der Waals surface area contributed by atoms with E-state index in [9.17, 15) is 20.0 Å². The van der Waals surface area contributed by atoms with Crippen LogP contribution in [0.2, 0.25) is 0 Å². The minimum atomic E-state index is -0.615. The van der Waals surface area contributed by atoms with E-state index in [-0.39, 0.29) is 32.0 Å². The number of non-ortho nitro benzene ring substituents is 1. The number of methoxy groups -OCH3 is 1. The Hall–Kier alpha value is -2.13. The number of phenols is 1. The molecule has 20 heavy (non-hydrogen) atoms. The number of aromatic hydroxyl groups is 1. The Morgan fingerprint density at radius 1 is 1.55 bits per heavy atom. The van der Waals surface area contributed by atoms with Crippen LogP contribution in [0.15, 0.2) is 17.0 Å². The summed E-state index contributed by atoms with van der Waals surface area (Å²) in [5.74, 6) is -0.737. The Morgan fingerprint density at radius 2 is 2.25 bits per heavy atom. The van der Waals surface area contributed by atoms with Gasteiger partial charge in [-0.25, -0.2) is 0 Å². The number of amides is 1. The molecule has 1 aromatic carbocycles. The lowest BCUT2D eigenvalue weighted by atomic mass is 10.1. The first-order valence-corrected chi connectivity index (χ1v) is 6.45. The van der Waals surface area contributed by atoms with Gasteiger partial charge in [0, 0.05) is 11.6 Å². The number of thiocarbonyl (C=S) groups is 1. The van der Waals surface area contributed by atoms with Crippen LogP contribution in [0.3, 0.4) is 0 Å². The molecule has 0 radical (unpaired) electrons. The van der Waals surface area contributed by atoms with E-state index in [4.69, 9.17) is 17.0 Å². The van der Waals surface area contributed by atoms with E-state index >= 15 is 0 Å². The van der Waals surface area contributed by atoms with Crippen molar-refractivity contribution in [1.29, 1.82) is 0 Å². The van der Waals surface area contributed by atoms with Crippen LogP contribution in [0.1, 0.15) is 5.56 Å². The molecule has 1 aliphatic heterocycles. The highest BCUT2D eigenvalue weighted by Crippen LogP contribution is 2.37. The van der Waals surface area contributed by atoms with Crippen molar-refractivity contribution in [2.75, 3.05) is 7.11 Å². The third-order valence-corrected chi connectivity index (χ3v) is 3.61. The molecule has 0 aliphatic carbocycles. The molecule has 1 amide bonds. The van der Waals surface area contributed by atoms with Crippen molar-refractivity contribution in [2.24, 2.45) is 0 Å². The first-order valence-electron chi connectivity index (χ1n) is 5.22. The number of phenolic OH excluding ortho intramolecular Hbond substituents is 1. The smallest absolute Gasteiger partial charge is 0.274 e. The number of ether oxygens (including phenoxy) is 1. The highest BCUT2D eigenvalue weighted by molar-refractivity contribution is 8.26. The molecule has 2 rings (SSSR count). The fraction of sp³-hybridized carbons (Fsp3) is 0.0909. The van der Waals surface area contributed by atoms with Crippen LogP contribution in [0.5, 0.6) is 11.5 Å². The van der Waals surface area contributed by atoms with Gasteiger partial charge in [-0.15, -0.1) is 0 Å². The van der Waals surface area contributed by atoms with Gasteiger partial charge in [0.05, 0.1) is 23.0 Å². The molecule has 1 aromatic rings. The molecule has 104 valence electrons. The van der Waals surface area contributed by atoms with Crippen molar-refractivity contribution < 1.29 is 19.6 Å². The highest BCUT2D eigenvalue weighted by atomic mass is 32.2. The molecular formula is C11H8N2O5S2. The molecule has 1 saturated heterocycles. The third-order valence-electron chi connectivity index (χ3n) is 2.45. The molecule has 0 aromatic heterocycles. The summed E-state index contributed by atoms with van der Waals surface area (Å²) in [6, 6.07) is 2.25. The zero-order valence-electron chi connectivity index (χ0n) is 10.1. The van der Waals surface area contributed by atoms with Gasteiger partial charge >= 0.3 is 0 Å². The zero-order valence-corrected chi connectivity index (χ0v) is 11.7. The average molecular weight is 312 g/mol. The lowest BCUT2D eigenvalue weighted by Crippen LogP contribution is -2.17. The average Bonchev–Trinajstić information content (AvgIpc) is 2.70. The van der Waals surface area contributed by atoms with Crippen LogP contribution in [0, 0.1) is 10.1 Å². The number of hydrogen-bond acceptors (Lipinski definition) is 7. The molecule has 0 atom stereocenters. The summed E-state index contributed by atoms with van der Waals surface area (Å²) in [4.78, 5) is 22.0. The number of carbonyl (C=O) groups excluding carboxylic acids is 1. The van der Waals surface area contributed by atoms with Gasteiger partial charge in [0.25, 0.3) is 11.6 Å². The maximum atomic E-state index is 11.5. The summed E-state index contributed by atoms with van der Waals surface area (Å²) in [6.07, 6.45) is 1.32. The van der Waals surface area contributed by atoms with Crippen molar-refractivity contribution in [3.63, 3.8) is 0 Å². The largest absolute Gasteiger partial charge is 0.504 e. The fourth-order valence-electron chi connectivity index (χ4n) is 1.55. The number of thioether (sulfide) groups is 1. The van der Waals surface area contributed by atoms with Crippen LogP contribution < -0.4 is 10.1 Å². The van der Waals surface area contributed by atoms with Gasteiger partial charge in [0.15, 0.2) is 11.5 Å². The summed E-state index contributed by atoms with van der Waals surface area (Å²) < 4.78 is 5.16. The number of hydrogen-bond donors (Lipinski definition) is 2. The second kappa shape index (κ2) is 5.47. The van der Waals surface area contributed by atoms with E-state index in [0.717, 1.165) is 23.9 Å². The van der Waals surface area contributed by atoms with Crippen LogP contribution in [0.4, 0.5) is 5.69 Å². The number of rotatable bonds is 3. The number of nitrogens with one attached hydrogen (secondary N) is 1. The molecule has 0 spiro atoms. The van der Waals surface area contributed by atoms with E-state index in [1.807, 2.05) is 0 Å². The standard InChI is InChI=1S/C11H8N2O5S2/c1-18-7-4-6(13(16)17)2-5(9(7)14)3-8-10(15)12-11(19)20-8/h2-4,14H,1H3,(H,12,15,19). The van der Waals surface area contributed by atoms with Gasteiger partial charge < -0.3 is 15.2 Å². The van der Waals surface area contributed by atoms with E-state index in [1.54, 1.807) is 0 Å². The number of carbonyl (C=O) groups is 1. The summed E-state index contributed by atoms with van der Waals surface area (Å²) in [7, 11) is 1.28. The predicted octanol–water partition coefficient (Wildman–Crippen LogP) is 1.80. The Labute approximate surface area is 122 Å². The summed E-state index contributed by atoms with van der Waals surface area (Å²) in [6.45, 7) is 0. The number of benzene rings is 1. The molecule has 1 aliphatic rings. The van der Waals surface area contributed by atoms with Crippen LogP contribution in [-0.4, -0.2) is 27.4 Å². The van der Waals surface area contributed by atoms with Crippen molar-refractivity contribution in [1.82, 2.24) is 5.32 Å². The molecule has 1 fully saturated rings. The number of nitrogens with zero attached hydrogens (tertiary/aromatic N) is 1. The predicted molar refractivity (Wildman–Crippen MR) is 77.6 cm³/mol. The Balaban J connectivity index is 2.53. The lowest BCUT2D eigenvalue weighted by molar-refractivity contribution is -0.385. The second-order valence-electron chi connectivity index (χ2n) is 3.70. The Kier molecular flexibility index (Phi) is 3.91. The molecule has 1 heterocycles. The molecule has 0 saturated carbocycles. The zero-order chi connectivity index (χ0) is 14.9. The SMILES string of the molecule is COc1cc([N+](=O)[O-])cc(C=C2SC(=S)NC2=O)c1O. The van der Waals surface area contributed by atoms with E-state index < -0.39 is 10.8 Å². The Morgan fingerprint density at radius 3 is 2.75 bits per heavy atom. The van der Waals surface area contributed by atoms with Gasteiger partial charge in [-0.3, -0.25) is 14.9 Å². The van der Waals surface area contributed by atoms with Crippen molar-refractivity contribution >= 4 is 46.0 Å². The maximum absolute atomic E-state index is 11.5. The van der Waals surface area contributed by atoms with Gasteiger partial charge in [-0.05, 0) is 6.08 Å². The van der Waals surface area contributed by atoms with Gasteiger partial charge in [-0.1, -0.05) is 24.0 Å². The van der Waals surface area contributed by atoms with Crippen LogP contribution >= 0.6 is 24.0 Å². The van der Waals surface area contributed by atoms with Crippen molar-refractivity contribution in [2.45, 2.75) is 0 Å². The first-order chi connectivity index (χ1) is 9.42. The van der Waals surface area contributed by atoms with E-state index in [2.05, 4.69) is 5.32 Å². The fourth-order valence-corrected chi connectivity index (χ4v) is 2.58. The van der Waals surface area contributed by atoms with E-state index in [0.29, 0.717) is 0 Å².